The molecule has 1 aliphatic rings. The first-order valence-electron chi connectivity index (χ1n) is 4.73. The SMILES string of the molecule is Nc1ncn(C2OC(CO)C(O)C2=O)c(=O)n1. The van der Waals surface area contributed by atoms with Gasteiger partial charge < -0.3 is 20.7 Å². The summed E-state index contributed by atoms with van der Waals surface area (Å²) in [5.41, 5.74) is 4.37. The number of aliphatic hydroxyl groups excluding tert-OH is 2. The van der Waals surface area contributed by atoms with E-state index in [1.54, 1.807) is 0 Å². The number of rotatable bonds is 2. The molecule has 17 heavy (non-hydrogen) atoms. The van der Waals surface area contributed by atoms with Crippen molar-refractivity contribution in [1.82, 2.24) is 14.5 Å². The molecule has 0 amide bonds. The standard InChI is InChI=1S/C8H10N4O5/c9-7-10-2-12(8(16)11-7)6-5(15)4(14)3(1-13)17-6/h2-4,6,13-14H,1H2,(H2,9,11,16). The number of ketones is 1. The molecule has 0 radical (unpaired) electrons. The van der Waals surface area contributed by atoms with Gasteiger partial charge in [-0.1, -0.05) is 0 Å². The van der Waals surface area contributed by atoms with Crippen LogP contribution in [0.2, 0.25) is 0 Å². The normalized spacial score (nSPS) is 28.6. The number of aliphatic hydroxyl groups is 2. The van der Waals surface area contributed by atoms with E-state index in [9.17, 15) is 14.7 Å². The predicted molar refractivity (Wildman–Crippen MR) is 52.7 cm³/mol. The first kappa shape index (κ1) is 11.6. The maximum absolute atomic E-state index is 11.6. The fourth-order valence-electron chi connectivity index (χ4n) is 1.50. The summed E-state index contributed by atoms with van der Waals surface area (Å²) in [7, 11) is 0. The second kappa shape index (κ2) is 4.20. The number of Topliss-reactive ketones (excluding diaryl/α,β-unsaturated/α-hetero) is 1. The Morgan fingerprint density at radius 1 is 1.53 bits per heavy atom. The van der Waals surface area contributed by atoms with Gasteiger partial charge in [-0.15, -0.1) is 0 Å². The summed E-state index contributed by atoms with van der Waals surface area (Å²) in [5, 5.41) is 18.3. The van der Waals surface area contributed by atoms with Crippen LogP contribution in [0.3, 0.4) is 0 Å². The minimum absolute atomic E-state index is 0.226. The van der Waals surface area contributed by atoms with Gasteiger partial charge in [0, 0.05) is 0 Å². The number of carbonyl (C=O) groups excluding carboxylic acids is 1. The van der Waals surface area contributed by atoms with Crippen molar-refractivity contribution in [1.29, 1.82) is 0 Å². The smallest absolute Gasteiger partial charge is 0.354 e. The molecule has 0 spiro atoms. The highest BCUT2D eigenvalue weighted by Crippen LogP contribution is 2.23. The molecule has 92 valence electrons. The molecule has 1 fully saturated rings. The molecule has 1 aromatic rings. The van der Waals surface area contributed by atoms with Gasteiger partial charge in [-0.2, -0.15) is 4.98 Å². The monoisotopic (exact) mass is 242 g/mol. The van der Waals surface area contributed by atoms with Crippen molar-refractivity contribution in [3.05, 3.63) is 16.8 Å². The van der Waals surface area contributed by atoms with Gasteiger partial charge in [0.2, 0.25) is 18.0 Å². The Morgan fingerprint density at radius 3 is 2.76 bits per heavy atom. The summed E-state index contributed by atoms with van der Waals surface area (Å²) in [5.74, 6) is -0.963. The van der Waals surface area contributed by atoms with Crippen molar-refractivity contribution < 1.29 is 19.7 Å². The van der Waals surface area contributed by atoms with Crippen LogP contribution in [-0.2, 0) is 9.53 Å². The topological polar surface area (TPSA) is 141 Å². The van der Waals surface area contributed by atoms with Crippen LogP contribution in [-0.4, -0.2) is 49.3 Å². The van der Waals surface area contributed by atoms with Gasteiger partial charge in [-0.05, 0) is 0 Å². The number of aromatic nitrogens is 3. The highest BCUT2D eigenvalue weighted by Gasteiger charge is 2.43. The van der Waals surface area contributed by atoms with Crippen molar-refractivity contribution in [3.63, 3.8) is 0 Å². The zero-order valence-corrected chi connectivity index (χ0v) is 8.55. The van der Waals surface area contributed by atoms with Gasteiger partial charge in [0.25, 0.3) is 0 Å². The van der Waals surface area contributed by atoms with Crippen LogP contribution < -0.4 is 11.4 Å². The Balaban J connectivity index is 2.35. The molecule has 0 saturated carbocycles. The lowest BCUT2D eigenvalue weighted by Gasteiger charge is -2.11. The van der Waals surface area contributed by atoms with Crippen LogP contribution >= 0.6 is 0 Å². The molecule has 1 saturated heterocycles. The molecule has 1 aliphatic heterocycles. The third-order valence-electron chi connectivity index (χ3n) is 2.37. The molecule has 0 aliphatic carbocycles. The number of anilines is 1. The minimum atomic E-state index is -1.48. The molecule has 4 N–H and O–H groups in total. The summed E-state index contributed by atoms with van der Waals surface area (Å²) >= 11 is 0. The van der Waals surface area contributed by atoms with E-state index in [2.05, 4.69) is 9.97 Å². The summed E-state index contributed by atoms with van der Waals surface area (Å²) in [6.45, 7) is -0.534. The van der Waals surface area contributed by atoms with E-state index >= 15 is 0 Å². The fourth-order valence-corrected chi connectivity index (χ4v) is 1.50. The third-order valence-corrected chi connectivity index (χ3v) is 2.37. The molecule has 9 heteroatoms. The maximum atomic E-state index is 11.6. The van der Waals surface area contributed by atoms with Crippen LogP contribution in [0.15, 0.2) is 11.1 Å². The number of ether oxygens (including phenoxy) is 1. The Hall–Kier alpha value is -1.84. The summed E-state index contributed by atoms with van der Waals surface area (Å²) in [6.07, 6.45) is -2.87. The van der Waals surface area contributed by atoms with E-state index in [-0.39, 0.29) is 5.95 Å². The average molecular weight is 242 g/mol. The predicted octanol–water partition coefficient (Wildman–Crippen LogP) is -2.96. The number of carbonyl (C=O) groups is 1. The zero-order chi connectivity index (χ0) is 12.6. The lowest BCUT2D eigenvalue weighted by atomic mass is 10.2. The van der Waals surface area contributed by atoms with Crippen molar-refractivity contribution in [2.75, 3.05) is 12.3 Å². The quantitative estimate of drug-likeness (QED) is 0.499. The van der Waals surface area contributed by atoms with Crippen molar-refractivity contribution in [2.24, 2.45) is 0 Å². The summed E-state index contributed by atoms with van der Waals surface area (Å²) in [4.78, 5) is 29.9. The van der Waals surface area contributed by atoms with Crippen LogP contribution in [0.1, 0.15) is 6.23 Å². The highest BCUT2D eigenvalue weighted by molar-refractivity contribution is 5.87. The molecule has 9 nitrogen and oxygen atoms in total. The number of hydrogen-bond donors (Lipinski definition) is 3. The van der Waals surface area contributed by atoms with E-state index in [4.69, 9.17) is 15.6 Å². The zero-order valence-electron chi connectivity index (χ0n) is 8.55. The Labute approximate surface area is 94.5 Å². The number of hydrogen-bond acceptors (Lipinski definition) is 8. The van der Waals surface area contributed by atoms with Gasteiger partial charge in [0.1, 0.15) is 18.5 Å². The number of nitrogen functional groups attached to an aromatic ring is 1. The fraction of sp³-hybridized carbons (Fsp3) is 0.500. The van der Waals surface area contributed by atoms with Crippen molar-refractivity contribution in [2.45, 2.75) is 18.4 Å². The van der Waals surface area contributed by atoms with E-state index in [0.717, 1.165) is 10.9 Å². The minimum Gasteiger partial charge on any atom is -0.394 e. The van der Waals surface area contributed by atoms with Crippen molar-refractivity contribution in [3.8, 4) is 0 Å². The number of nitrogens with two attached hydrogens (primary N) is 1. The lowest BCUT2D eigenvalue weighted by molar-refractivity contribution is -0.130. The molecule has 2 rings (SSSR count). The Kier molecular flexibility index (Phi) is 2.88. The van der Waals surface area contributed by atoms with Gasteiger partial charge in [-0.25, -0.2) is 14.3 Å². The van der Waals surface area contributed by atoms with E-state index in [0.29, 0.717) is 0 Å². The van der Waals surface area contributed by atoms with Gasteiger partial charge in [0.05, 0.1) is 6.61 Å². The molecular formula is C8H10N4O5. The lowest BCUT2D eigenvalue weighted by Crippen LogP contribution is -2.33. The highest BCUT2D eigenvalue weighted by atomic mass is 16.6. The van der Waals surface area contributed by atoms with E-state index < -0.39 is 36.5 Å². The van der Waals surface area contributed by atoms with E-state index in [1.807, 2.05) is 0 Å². The van der Waals surface area contributed by atoms with Crippen LogP contribution in [0.25, 0.3) is 0 Å². The van der Waals surface area contributed by atoms with E-state index in [1.165, 1.54) is 0 Å². The van der Waals surface area contributed by atoms with Crippen LogP contribution in [0, 0.1) is 0 Å². The maximum Gasteiger partial charge on any atom is 0.354 e. The molecule has 1 aromatic heterocycles. The Bertz CT molecular complexity index is 501. The van der Waals surface area contributed by atoms with Gasteiger partial charge in [0.15, 0.2) is 0 Å². The molecular weight excluding hydrogens is 232 g/mol. The molecule has 3 atom stereocenters. The largest absolute Gasteiger partial charge is 0.394 e. The third kappa shape index (κ3) is 1.90. The first-order chi connectivity index (χ1) is 8.04. The second-order valence-electron chi connectivity index (χ2n) is 3.46. The first-order valence-corrected chi connectivity index (χ1v) is 4.73. The Morgan fingerprint density at radius 2 is 2.24 bits per heavy atom. The second-order valence-corrected chi connectivity index (χ2v) is 3.46. The summed E-state index contributed by atoms with van der Waals surface area (Å²) in [6, 6.07) is 0. The van der Waals surface area contributed by atoms with Crippen LogP contribution in [0.5, 0.6) is 0 Å². The molecule has 2 heterocycles. The molecule has 0 aromatic carbocycles. The molecule has 0 bridgehead atoms. The van der Waals surface area contributed by atoms with Crippen molar-refractivity contribution >= 4 is 11.7 Å². The summed E-state index contributed by atoms with van der Waals surface area (Å²) < 4.78 is 5.84. The number of nitrogens with zero attached hydrogens (tertiary/aromatic N) is 3. The van der Waals surface area contributed by atoms with Gasteiger partial charge >= 0.3 is 5.69 Å². The molecule has 3 unspecified atom stereocenters. The van der Waals surface area contributed by atoms with Crippen LogP contribution in [0.4, 0.5) is 5.95 Å². The van der Waals surface area contributed by atoms with Gasteiger partial charge in [-0.3, -0.25) is 4.79 Å². The average Bonchev–Trinajstić information content (AvgIpc) is 2.57.